The third-order valence-corrected chi connectivity index (χ3v) is 6.87. The van der Waals surface area contributed by atoms with Crippen molar-refractivity contribution in [1.29, 1.82) is 0 Å². The van der Waals surface area contributed by atoms with E-state index < -0.39 is 6.10 Å². The highest BCUT2D eigenvalue weighted by Crippen LogP contribution is 2.17. The third kappa shape index (κ3) is 14.5. The smallest absolute Gasteiger partial charge is 0.122 e. The maximum atomic E-state index is 10.3. The van der Waals surface area contributed by atoms with Crippen LogP contribution >= 0.6 is 0 Å². The summed E-state index contributed by atoms with van der Waals surface area (Å²) in [7, 11) is 0. The van der Waals surface area contributed by atoms with Gasteiger partial charge in [-0.1, -0.05) is 115 Å². The second-order valence-corrected chi connectivity index (χ2v) is 10.3. The molecule has 0 aliphatic rings. The fourth-order valence-corrected chi connectivity index (χ4v) is 4.51. The Balaban J connectivity index is 1.54. The lowest BCUT2D eigenvalue weighted by molar-refractivity contribution is 0.0626. The Morgan fingerprint density at radius 3 is 1.19 bits per heavy atom. The molecule has 0 saturated carbocycles. The van der Waals surface area contributed by atoms with Gasteiger partial charge in [0.15, 0.2) is 0 Å². The normalized spacial score (nSPS) is 11.2. The van der Waals surface area contributed by atoms with E-state index in [4.69, 9.17) is 9.47 Å². The topological polar surface area (TPSA) is 38.7 Å². The zero-order valence-corrected chi connectivity index (χ0v) is 23.2. The summed E-state index contributed by atoms with van der Waals surface area (Å²) in [5.41, 5.74) is 2.71. The summed E-state index contributed by atoms with van der Waals surface area (Å²) in [4.78, 5) is 0. The van der Waals surface area contributed by atoms with Gasteiger partial charge >= 0.3 is 0 Å². The Morgan fingerprint density at radius 2 is 0.833 bits per heavy atom. The van der Waals surface area contributed by atoms with Gasteiger partial charge < -0.3 is 14.6 Å². The van der Waals surface area contributed by atoms with Gasteiger partial charge in [0.25, 0.3) is 0 Å². The Bertz CT molecular complexity index is 688. The molecule has 36 heavy (non-hydrogen) atoms. The lowest BCUT2D eigenvalue weighted by atomic mass is 10.0. The molecule has 3 heteroatoms. The lowest BCUT2D eigenvalue weighted by Crippen LogP contribution is -2.25. The van der Waals surface area contributed by atoms with Crippen molar-refractivity contribution >= 4 is 0 Å². The second-order valence-electron chi connectivity index (χ2n) is 10.3. The van der Waals surface area contributed by atoms with E-state index in [1.54, 1.807) is 0 Å². The lowest BCUT2D eigenvalue weighted by Gasteiger charge is -2.14. The van der Waals surface area contributed by atoms with E-state index in [-0.39, 0.29) is 13.2 Å². The molecule has 2 aromatic rings. The van der Waals surface area contributed by atoms with Gasteiger partial charge in [-0.3, -0.25) is 0 Å². The standard InChI is InChI=1S/C33H52O3/c1-3-5-7-9-11-13-15-17-29-19-23-32(24-20-29)35-27-31(34)28-36-33-25-21-30(22-26-33)18-16-14-12-10-8-6-4-2/h19-26,31,34H,3-18,27-28H2,1-2H3. The van der Waals surface area contributed by atoms with Crippen molar-refractivity contribution in [3.63, 3.8) is 0 Å². The van der Waals surface area contributed by atoms with Crippen LogP contribution in [-0.2, 0) is 12.8 Å². The van der Waals surface area contributed by atoms with E-state index in [2.05, 4.69) is 38.1 Å². The number of hydrogen-bond donors (Lipinski definition) is 1. The quantitative estimate of drug-likeness (QED) is 0.165. The highest BCUT2D eigenvalue weighted by molar-refractivity contribution is 5.28. The van der Waals surface area contributed by atoms with Crippen molar-refractivity contribution < 1.29 is 14.6 Å². The number of hydrogen-bond acceptors (Lipinski definition) is 3. The fraction of sp³-hybridized carbons (Fsp3) is 0.636. The van der Waals surface area contributed by atoms with E-state index in [0.29, 0.717) is 0 Å². The zero-order chi connectivity index (χ0) is 25.7. The molecule has 0 heterocycles. The molecule has 0 amide bonds. The van der Waals surface area contributed by atoms with Crippen LogP contribution in [0, 0.1) is 0 Å². The Hall–Kier alpha value is -2.00. The third-order valence-electron chi connectivity index (χ3n) is 6.87. The van der Waals surface area contributed by atoms with Crippen LogP contribution in [0.1, 0.15) is 115 Å². The number of unbranched alkanes of at least 4 members (excludes halogenated alkanes) is 12. The van der Waals surface area contributed by atoms with Gasteiger partial charge in [0, 0.05) is 0 Å². The van der Waals surface area contributed by atoms with Crippen LogP contribution in [-0.4, -0.2) is 24.4 Å². The maximum absolute atomic E-state index is 10.3. The van der Waals surface area contributed by atoms with Gasteiger partial charge in [0.2, 0.25) is 0 Å². The fourth-order valence-electron chi connectivity index (χ4n) is 4.51. The minimum Gasteiger partial charge on any atom is -0.491 e. The average Bonchev–Trinajstić information content (AvgIpc) is 2.91. The molecule has 0 radical (unpaired) electrons. The highest BCUT2D eigenvalue weighted by atomic mass is 16.5. The van der Waals surface area contributed by atoms with Gasteiger partial charge in [0.1, 0.15) is 30.8 Å². The van der Waals surface area contributed by atoms with Crippen LogP contribution in [0.15, 0.2) is 48.5 Å². The molecule has 202 valence electrons. The van der Waals surface area contributed by atoms with Gasteiger partial charge in [-0.25, -0.2) is 0 Å². The molecule has 0 aromatic heterocycles. The Kier molecular flexibility index (Phi) is 16.9. The molecule has 0 fully saturated rings. The molecule has 0 bridgehead atoms. The summed E-state index contributed by atoms with van der Waals surface area (Å²) in [5, 5.41) is 10.3. The average molecular weight is 497 g/mol. The molecule has 2 rings (SSSR count). The van der Waals surface area contributed by atoms with E-state index >= 15 is 0 Å². The number of rotatable bonds is 22. The number of aryl methyl sites for hydroxylation is 2. The maximum Gasteiger partial charge on any atom is 0.122 e. The molecule has 1 N–H and O–H groups in total. The van der Waals surface area contributed by atoms with Crippen molar-refractivity contribution in [3.8, 4) is 11.5 Å². The van der Waals surface area contributed by atoms with Crippen molar-refractivity contribution in [2.75, 3.05) is 13.2 Å². The van der Waals surface area contributed by atoms with Gasteiger partial charge in [-0.05, 0) is 61.1 Å². The Labute approximate surface area is 221 Å². The first-order valence-electron chi connectivity index (χ1n) is 14.8. The summed E-state index contributed by atoms with van der Waals surface area (Å²) < 4.78 is 11.5. The van der Waals surface area contributed by atoms with Crippen molar-refractivity contribution in [1.82, 2.24) is 0 Å². The molecule has 0 aliphatic carbocycles. The summed E-state index contributed by atoms with van der Waals surface area (Å²) in [6.45, 7) is 4.99. The molecule has 0 atom stereocenters. The van der Waals surface area contributed by atoms with Crippen LogP contribution in [0.25, 0.3) is 0 Å². The molecule has 0 aliphatic heterocycles. The number of aliphatic hydroxyl groups excluding tert-OH is 1. The second kappa shape index (κ2) is 20.1. The monoisotopic (exact) mass is 496 g/mol. The van der Waals surface area contributed by atoms with E-state index in [1.807, 2.05) is 24.3 Å². The number of benzene rings is 2. The first-order valence-corrected chi connectivity index (χ1v) is 14.8. The van der Waals surface area contributed by atoms with Crippen molar-refractivity contribution in [3.05, 3.63) is 59.7 Å². The molecule has 0 unspecified atom stereocenters. The van der Waals surface area contributed by atoms with E-state index in [0.717, 1.165) is 24.3 Å². The minimum absolute atomic E-state index is 0.230. The highest BCUT2D eigenvalue weighted by Gasteiger charge is 2.07. The summed E-state index contributed by atoms with van der Waals surface area (Å²) in [6.07, 6.45) is 20.3. The largest absolute Gasteiger partial charge is 0.491 e. The first kappa shape index (κ1) is 30.2. The van der Waals surface area contributed by atoms with Crippen molar-refractivity contribution in [2.24, 2.45) is 0 Å². The molecule has 3 nitrogen and oxygen atoms in total. The number of aliphatic hydroxyl groups is 1. The van der Waals surface area contributed by atoms with Crippen LogP contribution in [0.4, 0.5) is 0 Å². The summed E-state index contributed by atoms with van der Waals surface area (Å²) >= 11 is 0. The van der Waals surface area contributed by atoms with Crippen LogP contribution in [0.5, 0.6) is 11.5 Å². The van der Waals surface area contributed by atoms with Crippen molar-refractivity contribution in [2.45, 2.75) is 123 Å². The van der Waals surface area contributed by atoms with Gasteiger partial charge in [-0.15, -0.1) is 0 Å². The van der Waals surface area contributed by atoms with Crippen LogP contribution < -0.4 is 9.47 Å². The SMILES string of the molecule is CCCCCCCCCc1ccc(OCC(O)COc2ccc(CCCCCCCCC)cc2)cc1. The molecule has 0 spiro atoms. The first-order chi connectivity index (χ1) is 17.7. The van der Waals surface area contributed by atoms with Crippen LogP contribution in [0.3, 0.4) is 0 Å². The molecule has 0 saturated heterocycles. The zero-order valence-electron chi connectivity index (χ0n) is 23.2. The van der Waals surface area contributed by atoms with Crippen LogP contribution in [0.2, 0.25) is 0 Å². The minimum atomic E-state index is -0.662. The predicted molar refractivity (Wildman–Crippen MR) is 153 cm³/mol. The van der Waals surface area contributed by atoms with Gasteiger partial charge in [0.05, 0.1) is 0 Å². The van der Waals surface area contributed by atoms with E-state index in [9.17, 15) is 5.11 Å². The predicted octanol–water partition coefficient (Wildman–Crippen LogP) is 9.09. The Morgan fingerprint density at radius 1 is 0.500 bits per heavy atom. The van der Waals surface area contributed by atoms with E-state index in [1.165, 1.54) is 101 Å². The number of ether oxygens (including phenoxy) is 2. The molecule has 2 aromatic carbocycles. The summed E-state index contributed by atoms with van der Waals surface area (Å²) in [6, 6.07) is 16.6. The summed E-state index contributed by atoms with van der Waals surface area (Å²) in [5.74, 6) is 1.60. The molecular formula is C33H52O3. The molecular weight excluding hydrogens is 444 g/mol. The van der Waals surface area contributed by atoms with Gasteiger partial charge in [-0.2, -0.15) is 0 Å².